The van der Waals surface area contributed by atoms with Crippen LogP contribution in [-0.4, -0.2) is 43.2 Å². The van der Waals surface area contributed by atoms with Crippen molar-refractivity contribution < 1.29 is 9.18 Å². The number of carbonyl (C=O) groups excluding carboxylic acids is 1. The van der Waals surface area contributed by atoms with E-state index in [9.17, 15) is 14.0 Å². The molecule has 0 saturated carbocycles. The number of hydrogen-bond donors (Lipinski definition) is 1. The highest BCUT2D eigenvalue weighted by atomic mass is 19.1. The number of fused-ring (bicyclic) bond motifs is 1. The SMILES string of the molecule is O=C(c1cc(-c2ccccc2)nn1-c1ccc(F)cc1)N1CCC(n2c(=O)[nH]c3ccccc32)CC1. The third-order valence-electron chi connectivity index (χ3n) is 6.81. The molecule has 1 aliphatic heterocycles. The van der Waals surface area contributed by atoms with Crippen LogP contribution >= 0.6 is 0 Å². The van der Waals surface area contributed by atoms with Gasteiger partial charge >= 0.3 is 5.69 Å². The van der Waals surface area contributed by atoms with Crippen LogP contribution in [0.15, 0.2) is 89.7 Å². The topological polar surface area (TPSA) is 75.9 Å². The lowest BCUT2D eigenvalue weighted by Crippen LogP contribution is -2.41. The summed E-state index contributed by atoms with van der Waals surface area (Å²) in [4.78, 5) is 31.0. The molecule has 7 nitrogen and oxygen atoms in total. The van der Waals surface area contributed by atoms with E-state index < -0.39 is 0 Å². The molecule has 0 aliphatic carbocycles. The fraction of sp³-hybridized carbons (Fsp3) is 0.179. The van der Waals surface area contributed by atoms with Crippen LogP contribution in [0.1, 0.15) is 29.4 Å². The Morgan fingerprint density at radius 1 is 0.917 bits per heavy atom. The molecule has 1 N–H and O–H groups in total. The Labute approximate surface area is 206 Å². The molecule has 1 aliphatic rings. The van der Waals surface area contributed by atoms with Gasteiger partial charge in [-0.2, -0.15) is 5.10 Å². The molecule has 0 atom stereocenters. The maximum absolute atomic E-state index is 13.7. The molecule has 36 heavy (non-hydrogen) atoms. The van der Waals surface area contributed by atoms with Gasteiger partial charge < -0.3 is 9.88 Å². The summed E-state index contributed by atoms with van der Waals surface area (Å²) in [5.41, 5.74) is 4.17. The van der Waals surface area contributed by atoms with Crippen LogP contribution in [0.4, 0.5) is 4.39 Å². The third kappa shape index (κ3) is 3.90. The van der Waals surface area contributed by atoms with Crippen molar-refractivity contribution in [1.29, 1.82) is 0 Å². The van der Waals surface area contributed by atoms with Gasteiger partial charge in [0.25, 0.3) is 5.91 Å². The predicted octanol–water partition coefficient (Wildman–Crippen LogP) is 4.80. The number of hydrogen-bond acceptors (Lipinski definition) is 3. The Kier molecular flexibility index (Phi) is 5.48. The van der Waals surface area contributed by atoms with Crippen molar-refractivity contribution in [1.82, 2.24) is 24.2 Å². The Morgan fingerprint density at radius 2 is 1.61 bits per heavy atom. The summed E-state index contributed by atoms with van der Waals surface area (Å²) in [5.74, 6) is -0.490. The molecule has 1 fully saturated rings. The minimum atomic E-state index is -0.350. The molecule has 5 aromatic rings. The molecule has 0 unspecified atom stereocenters. The van der Waals surface area contributed by atoms with Gasteiger partial charge in [0.1, 0.15) is 11.5 Å². The average molecular weight is 482 g/mol. The fourth-order valence-corrected chi connectivity index (χ4v) is 4.99. The van der Waals surface area contributed by atoms with E-state index in [-0.39, 0.29) is 23.5 Å². The molecule has 1 amide bonds. The lowest BCUT2D eigenvalue weighted by molar-refractivity contribution is 0.0685. The molecule has 0 bridgehead atoms. The van der Waals surface area contributed by atoms with Crippen LogP contribution in [0.3, 0.4) is 0 Å². The van der Waals surface area contributed by atoms with Crippen molar-refractivity contribution >= 4 is 16.9 Å². The minimum Gasteiger partial charge on any atom is -0.337 e. The number of halogens is 1. The zero-order valence-electron chi connectivity index (χ0n) is 19.5. The molecule has 3 aromatic carbocycles. The number of nitrogens with one attached hydrogen (secondary N) is 1. The van der Waals surface area contributed by atoms with Gasteiger partial charge in [0.15, 0.2) is 0 Å². The molecule has 8 heteroatoms. The monoisotopic (exact) mass is 481 g/mol. The van der Waals surface area contributed by atoms with Crippen LogP contribution < -0.4 is 5.69 Å². The number of piperidine rings is 1. The standard InChI is InChI=1S/C28H24FN5O2/c29-20-10-12-22(13-11-20)34-26(18-24(31-34)19-6-2-1-3-7-19)27(35)32-16-14-21(15-17-32)33-25-9-5-4-8-23(25)30-28(33)36/h1-13,18,21H,14-17H2,(H,30,36). The number of imidazole rings is 1. The number of H-pyrrole nitrogens is 1. The number of nitrogens with zero attached hydrogens (tertiary/aromatic N) is 4. The molecular weight excluding hydrogens is 457 g/mol. The van der Waals surface area contributed by atoms with E-state index >= 15 is 0 Å². The molecule has 0 radical (unpaired) electrons. The van der Waals surface area contributed by atoms with Gasteiger partial charge in [-0.3, -0.25) is 9.36 Å². The fourth-order valence-electron chi connectivity index (χ4n) is 4.99. The van der Waals surface area contributed by atoms with Crippen molar-refractivity contribution in [3.05, 3.63) is 107 Å². The highest BCUT2D eigenvalue weighted by molar-refractivity contribution is 5.94. The normalized spacial score (nSPS) is 14.4. The number of benzene rings is 3. The number of amides is 1. The number of aromatic nitrogens is 4. The predicted molar refractivity (Wildman–Crippen MR) is 136 cm³/mol. The highest BCUT2D eigenvalue weighted by Crippen LogP contribution is 2.28. The van der Waals surface area contributed by atoms with E-state index in [1.807, 2.05) is 64.1 Å². The van der Waals surface area contributed by atoms with Crippen LogP contribution in [-0.2, 0) is 0 Å². The second-order valence-corrected chi connectivity index (χ2v) is 9.01. The molecule has 1 saturated heterocycles. The molecule has 2 aromatic heterocycles. The Morgan fingerprint density at radius 3 is 2.36 bits per heavy atom. The largest absolute Gasteiger partial charge is 0.337 e. The summed E-state index contributed by atoms with van der Waals surface area (Å²) in [5, 5.41) is 4.69. The molecule has 180 valence electrons. The summed E-state index contributed by atoms with van der Waals surface area (Å²) in [6.07, 6.45) is 1.34. The second-order valence-electron chi connectivity index (χ2n) is 9.01. The minimum absolute atomic E-state index is 0.0135. The summed E-state index contributed by atoms with van der Waals surface area (Å²) < 4.78 is 17.0. The van der Waals surface area contributed by atoms with Crippen LogP contribution in [0.2, 0.25) is 0 Å². The maximum atomic E-state index is 13.7. The highest BCUT2D eigenvalue weighted by Gasteiger charge is 2.29. The van der Waals surface area contributed by atoms with E-state index in [0.29, 0.717) is 43.0 Å². The van der Waals surface area contributed by atoms with Gasteiger partial charge in [0.2, 0.25) is 0 Å². The van der Waals surface area contributed by atoms with Gasteiger partial charge in [-0.1, -0.05) is 42.5 Å². The van der Waals surface area contributed by atoms with Gasteiger partial charge in [-0.15, -0.1) is 0 Å². The summed E-state index contributed by atoms with van der Waals surface area (Å²) in [6.45, 7) is 1.04. The van der Waals surface area contributed by atoms with E-state index in [1.54, 1.807) is 22.9 Å². The quantitative estimate of drug-likeness (QED) is 0.401. The first-order valence-corrected chi connectivity index (χ1v) is 12.0. The van der Waals surface area contributed by atoms with E-state index in [2.05, 4.69) is 4.98 Å². The number of aromatic amines is 1. The van der Waals surface area contributed by atoms with E-state index in [0.717, 1.165) is 16.6 Å². The zero-order valence-corrected chi connectivity index (χ0v) is 19.5. The summed E-state index contributed by atoms with van der Waals surface area (Å²) in [6, 6.07) is 25.1. The molecular formula is C28H24FN5O2. The van der Waals surface area contributed by atoms with Gasteiger partial charge in [-0.25, -0.2) is 13.9 Å². The number of likely N-dealkylation sites (tertiary alicyclic amines) is 1. The van der Waals surface area contributed by atoms with Crippen molar-refractivity contribution in [2.24, 2.45) is 0 Å². The maximum Gasteiger partial charge on any atom is 0.326 e. The Bertz CT molecular complexity index is 1590. The first kappa shape index (κ1) is 22.0. The third-order valence-corrected chi connectivity index (χ3v) is 6.81. The average Bonchev–Trinajstić information content (AvgIpc) is 3.50. The zero-order chi connectivity index (χ0) is 24.6. The molecule has 0 spiro atoms. The van der Waals surface area contributed by atoms with Crippen molar-refractivity contribution in [2.45, 2.75) is 18.9 Å². The Hall–Kier alpha value is -4.46. The van der Waals surface area contributed by atoms with Crippen LogP contribution in [0, 0.1) is 5.82 Å². The summed E-state index contributed by atoms with van der Waals surface area (Å²) in [7, 11) is 0. The summed E-state index contributed by atoms with van der Waals surface area (Å²) >= 11 is 0. The van der Waals surface area contributed by atoms with Gasteiger partial charge in [0, 0.05) is 24.7 Å². The van der Waals surface area contributed by atoms with Crippen molar-refractivity contribution in [3.63, 3.8) is 0 Å². The first-order chi connectivity index (χ1) is 17.6. The van der Waals surface area contributed by atoms with E-state index in [1.165, 1.54) is 12.1 Å². The van der Waals surface area contributed by atoms with Crippen LogP contribution in [0.5, 0.6) is 0 Å². The van der Waals surface area contributed by atoms with Crippen LogP contribution in [0.25, 0.3) is 28.0 Å². The van der Waals surface area contributed by atoms with E-state index in [4.69, 9.17) is 5.10 Å². The first-order valence-electron chi connectivity index (χ1n) is 12.0. The number of carbonyl (C=O) groups is 1. The number of rotatable bonds is 4. The lowest BCUT2D eigenvalue weighted by Gasteiger charge is -2.32. The van der Waals surface area contributed by atoms with Gasteiger partial charge in [-0.05, 0) is 55.3 Å². The molecule has 3 heterocycles. The van der Waals surface area contributed by atoms with Gasteiger partial charge in [0.05, 0.1) is 22.4 Å². The molecule has 6 rings (SSSR count). The smallest absolute Gasteiger partial charge is 0.326 e. The number of para-hydroxylation sites is 2. The lowest BCUT2D eigenvalue weighted by atomic mass is 10.0. The van der Waals surface area contributed by atoms with Crippen molar-refractivity contribution in [3.8, 4) is 16.9 Å². The van der Waals surface area contributed by atoms with Crippen molar-refractivity contribution in [2.75, 3.05) is 13.1 Å². The Balaban J connectivity index is 1.29. The second kappa shape index (κ2) is 8.96.